The second-order valence-electron chi connectivity index (χ2n) is 8.37. The third kappa shape index (κ3) is 6.64. The standard InChI is InChI=1S/C21H30FN3O5S/c1-15(17-8-9-18(22)19(12-17)30-14-16-6-7-16)25-20(26)13-24(21(25)27)10-4-2-3-5-11-31(23,28)29/h8-9,12,15-16H,2-7,10-11,13-14H2,1H3,(H2,23,28,29)/t15-/m1/s1. The molecule has 3 rings (SSSR count). The zero-order chi connectivity index (χ0) is 22.6. The van der Waals surface area contributed by atoms with Crippen LogP contribution in [0.4, 0.5) is 9.18 Å². The van der Waals surface area contributed by atoms with Crippen molar-refractivity contribution in [2.45, 2.75) is 51.5 Å². The van der Waals surface area contributed by atoms with E-state index in [-0.39, 0.29) is 30.0 Å². The van der Waals surface area contributed by atoms with Crippen molar-refractivity contribution in [3.63, 3.8) is 0 Å². The van der Waals surface area contributed by atoms with Gasteiger partial charge in [0.05, 0.1) is 18.4 Å². The number of halogens is 1. The largest absolute Gasteiger partial charge is 0.490 e. The fourth-order valence-corrected chi connectivity index (χ4v) is 4.22. The minimum atomic E-state index is -3.45. The summed E-state index contributed by atoms with van der Waals surface area (Å²) in [6, 6.07) is 3.53. The van der Waals surface area contributed by atoms with Crippen LogP contribution in [0.15, 0.2) is 18.2 Å². The maximum Gasteiger partial charge on any atom is 0.327 e. The van der Waals surface area contributed by atoms with Crippen LogP contribution in [-0.4, -0.2) is 55.6 Å². The number of primary sulfonamides is 1. The monoisotopic (exact) mass is 455 g/mol. The first-order valence-electron chi connectivity index (χ1n) is 10.7. The van der Waals surface area contributed by atoms with Gasteiger partial charge in [0.15, 0.2) is 11.6 Å². The Morgan fingerprint density at radius 3 is 2.58 bits per heavy atom. The molecule has 2 N–H and O–H groups in total. The predicted octanol–water partition coefficient (Wildman–Crippen LogP) is 2.79. The quantitative estimate of drug-likeness (QED) is 0.385. The minimum absolute atomic E-state index is 0.00653. The van der Waals surface area contributed by atoms with Gasteiger partial charge in [-0.25, -0.2) is 22.7 Å². The number of nitrogens with two attached hydrogens (primary N) is 1. The highest BCUT2D eigenvalue weighted by Gasteiger charge is 2.39. The molecule has 2 fully saturated rings. The molecule has 2 aliphatic rings. The molecule has 0 unspecified atom stereocenters. The summed E-state index contributed by atoms with van der Waals surface area (Å²) < 4.78 is 41.5. The summed E-state index contributed by atoms with van der Waals surface area (Å²) in [7, 11) is -3.45. The Bertz CT molecular complexity index is 920. The molecular formula is C21H30FN3O5S. The molecule has 1 aliphatic heterocycles. The molecule has 1 aromatic rings. The van der Waals surface area contributed by atoms with E-state index in [1.807, 2.05) is 0 Å². The van der Waals surface area contributed by atoms with Gasteiger partial charge >= 0.3 is 6.03 Å². The second-order valence-corrected chi connectivity index (χ2v) is 10.1. The maximum atomic E-state index is 14.1. The predicted molar refractivity (Wildman–Crippen MR) is 113 cm³/mol. The first-order valence-corrected chi connectivity index (χ1v) is 12.4. The molecule has 1 saturated heterocycles. The van der Waals surface area contributed by atoms with Crippen LogP contribution >= 0.6 is 0 Å². The zero-order valence-corrected chi connectivity index (χ0v) is 18.6. The van der Waals surface area contributed by atoms with Gasteiger partial charge in [0.2, 0.25) is 10.0 Å². The summed E-state index contributed by atoms with van der Waals surface area (Å²) in [4.78, 5) is 28.0. The van der Waals surface area contributed by atoms with Crippen molar-refractivity contribution in [1.82, 2.24) is 9.80 Å². The maximum absolute atomic E-state index is 14.1. The molecular weight excluding hydrogens is 425 g/mol. The van der Waals surface area contributed by atoms with Crippen LogP contribution in [0.1, 0.15) is 57.1 Å². The third-order valence-electron chi connectivity index (χ3n) is 5.67. The number of amides is 3. The van der Waals surface area contributed by atoms with E-state index in [0.29, 0.717) is 43.9 Å². The van der Waals surface area contributed by atoms with E-state index in [0.717, 1.165) is 19.3 Å². The molecule has 1 aromatic carbocycles. The fourth-order valence-electron chi connectivity index (χ4n) is 3.61. The van der Waals surface area contributed by atoms with Gasteiger partial charge in [0, 0.05) is 6.54 Å². The molecule has 0 bridgehead atoms. The highest BCUT2D eigenvalue weighted by molar-refractivity contribution is 7.89. The van der Waals surface area contributed by atoms with E-state index in [1.54, 1.807) is 19.1 Å². The van der Waals surface area contributed by atoms with E-state index in [2.05, 4.69) is 0 Å². The Morgan fingerprint density at radius 1 is 1.19 bits per heavy atom. The number of unbranched alkanes of at least 4 members (excludes halogenated alkanes) is 3. The molecule has 0 radical (unpaired) electrons. The van der Waals surface area contributed by atoms with Crippen molar-refractivity contribution in [1.29, 1.82) is 0 Å². The van der Waals surface area contributed by atoms with E-state index in [9.17, 15) is 22.4 Å². The molecule has 1 aliphatic carbocycles. The molecule has 0 spiro atoms. The SMILES string of the molecule is C[C@H](c1ccc(F)c(OCC2CC2)c1)N1C(=O)CN(CCCCCCS(N)(=O)=O)C1=O. The van der Waals surface area contributed by atoms with E-state index in [4.69, 9.17) is 9.88 Å². The van der Waals surface area contributed by atoms with Gasteiger partial charge in [-0.1, -0.05) is 18.9 Å². The van der Waals surface area contributed by atoms with Crippen molar-refractivity contribution in [3.8, 4) is 5.75 Å². The number of ether oxygens (including phenoxy) is 1. The summed E-state index contributed by atoms with van der Waals surface area (Å²) in [6.07, 6.45) is 4.76. The smallest absolute Gasteiger partial charge is 0.327 e. The van der Waals surface area contributed by atoms with Crippen LogP contribution in [0.25, 0.3) is 0 Å². The summed E-state index contributed by atoms with van der Waals surface area (Å²) >= 11 is 0. The van der Waals surface area contributed by atoms with Gasteiger partial charge in [-0.05, 0) is 56.2 Å². The van der Waals surface area contributed by atoms with Crippen LogP contribution in [0.2, 0.25) is 0 Å². The van der Waals surface area contributed by atoms with Crippen molar-refractivity contribution >= 4 is 22.0 Å². The molecule has 172 valence electrons. The average Bonchev–Trinajstić information content (AvgIpc) is 3.48. The van der Waals surface area contributed by atoms with E-state index < -0.39 is 21.9 Å². The molecule has 1 saturated carbocycles. The number of urea groups is 1. The van der Waals surface area contributed by atoms with Gasteiger partial charge in [-0.2, -0.15) is 0 Å². The van der Waals surface area contributed by atoms with Gasteiger partial charge < -0.3 is 9.64 Å². The van der Waals surface area contributed by atoms with Crippen molar-refractivity contribution in [2.75, 3.05) is 25.4 Å². The number of hydrogen-bond donors (Lipinski definition) is 1. The Kier molecular flexibility index (Phi) is 7.53. The Morgan fingerprint density at radius 2 is 1.90 bits per heavy atom. The van der Waals surface area contributed by atoms with Crippen LogP contribution in [-0.2, 0) is 14.8 Å². The third-order valence-corrected chi connectivity index (χ3v) is 6.53. The van der Waals surface area contributed by atoms with Gasteiger partial charge in [-0.3, -0.25) is 9.69 Å². The number of carbonyl (C=O) groups is 2. The molecule has 8 nitrogen and oxygen atoms in total. The summed E-state index contributed by atoms with van der Waals surface area (Å²) in [5, 5.41) is 4.97. The van der Waals surface area contributed by atoms with Crippen LogP contribution < -0.4 is 9.88 Å². The first-order chi connectivity index (χ1) is 14.7. The van der Waals surface area contributed by atoms with Crippen molar-refractivity contribution in [2.24, 2.45) is 11.1 Å². The van der Waals surface area contributed by atoms with Crippen LogP contribution in [0, 0.1) is 11.7 Å². The fraction of sp³-hybridized carbons (Fsp3) is 0.619. The van der Waals surface area contributed by atoms with Gasteiger partial charge in [0.1, 0.15) is 6.54 Å². The van der Waals surface area contributed by atoms with Crippen LogP contribution in [0.3, 0.4) is 0 Å². The summed E-state index contributed by atoms with van der Waals surface area (Å²) in [6.45, 7) is 2.64. The molecule has 10 heteroatoms. The highest BCUT2D eigenvalue weighted by atomic mass is 32.2. The second kappa shape index (κ2) is 9.95. The molecule has 1 atom stereocenters. The average molecular weight is 456 g/mol. The van der Waals surface area contributed by atoms with Crippen molar-refractivity contribution in [3.05, 3.63) is 29.6 Å². The number of carbonyl (C=O) groups excluding carboxylic acids is 2. The number of nitrogens with zero attached hydrogens (tertiary/aromatic N) is 2. The molecule has 0 aromatic heterocycles. The van der Waals surface area contributed by atoms with Crippen LogP contribution in [0.5, 0.6) is 5.75 Å². The summed E-state index contributed by atoms with van der Waals surface area (Å²) in [5.74, 6) is -0.179. The minimum Gasteiger partial charge on any atom is -0.490 e. The number of rotatable bonds is 12. The van der Waals surface area contributed by atoms with Gasteiger partial charge in [0.25, 0.3) is 5.91 Å². The molecule has 31 heavy (non-hydrogen) atoms. The van der Waals surface area contributed by atoms with Gasteiger partial charge in [-0.15, -0.1) is 0 Å². The topological polar surface area (TPSA) is 110 Å². The number of sulfonamides is 1. The molecule has 1 heterocycles. The normalized spacial score (nSPS) is 18.0. The Hall–Kier alpha value is -2.20. The van der Waals surface area contributed by atoms with E-state index in [1.165, 1.54) is 15.9 Å². The molecule has 3 amide bonds. The summed E-state index contributed by atoms with van der Waals surface area (Å²) in [5.41, 5.74) is 0.638. The Labute approximate surface area is 182 Å². The lowest BCUT2D eigenvalue weighted by Crippen LogP contribution is -2.35. The number of imide groups is 1. The number of benzene rings is 1. The lowest BCUT2D eigenvalue weighted by molar-refractivity contribution is -0.126. The first kappa shape index (κ1) is 23.5. The number of hydrogen-bond acceptors (Lipinski definition) is 5. The Balaban J connectivity index is 1.53. The lowest BCUT2D eigenvalue weighted by Gasteiger charge is -2.24. The van der Waals surface area contributed by atoms with E-state index >= 15 is 0 Å². The van der Waals surface area contributed by atoms with Crippen molar-refractivity contribution < 1.29 is 27.1 Å². The highest BCUT2D eigenvalue weighted by Crippen LogP contribution is 2.32. The lowest BCUT2D eigenvalue weighted by atomic mass is 10.1. The zero-order valence-electron chi connectivity index (χ0n) is 17.8.